The summed E-state index contributed by atoms with van der Waals surface area (Å²) >= 11 is 5.54. The highest BCUT2D eigenvalue weighted by atomic mass is 79.9. The summed E-state index contributed by atoms with van der Waals surface area (Å²) in [6, 6.07) is 13.3. The zero-order valence-electron chi connectivity index (χ0n) is 10.7. The predicted molar refractivity (Wildman–Crippen MR) is 83.3 cm³/mol. The van der Waals surface area contributed by atoms with Crippen molar-refractivity contribution in [3.63, 3.8) is 0 Å². The molecule has 18 heavy (non-hydrogen) atoms. The average Bonchev–Trinajstić information content (AvgIpc) is 2.69. The quantitative estimate of drug-likeness (QED) is 0.840. The molecule has 1 N–H and O–H groups in total. The third kappa shape index (κ3) is 3.44. The Kier molecular flexibility index (Phi) is 4.98. The number of likely N-dealkylation sites (N-methyl/N-ethyl adjacent to an activating group) is 1. The van der Waals surface area contributed by atoms with Crippen molar-refractivity contribution in [3.05, 3.63) is 56.2 Å². The molecule has 1 aromatic heterocycles. The number of thiophene rings is 1. The van der Waals surface area contributed by atoms with Gasteiger partial charge in [0, 0.05) is 20.3 Å². The lowest BCUT2D eigenvalue weighted by Crippen LogP contribution is -2.22. The molecule has 1 atom stereocenters. The molecule has 3 heteroatoms. The molecular weight excluding hydrogens is 306 g/mol. The molecule has 0 saturated carbocycles. The minimum Gasteiger partial charge on any atom is -0.309 e. The molecule has 1 aromatic carbocycles. The summed E-state index contributed by atoms with van der Waals surface area (Å²) in [6.07, 6.45) is 1.03. The standard InChI is InChI=1S/C15H18BrNS/c1-3-17-14(10-12-7-5-4-6-8-12)15-13(16)9-11(2)18-15/h4-9,14,17H,3,10H2,1-2H3. The highest BCUT2D eigenvalue weighted by Gasteiger charge is 2.16. The van der Waals surface area contributed by atoms with Gasteiger partial charge in [-0.1, -0.05) is 37.3 Å². The van der Waals surface area contributed by atoms with Crippen LogP contribution in [0.3, 0.4) is 0 Å². The van der Waals surface area contributed by atoms with E-state index in [4.69, 9.17) is 0 Å². The summed E-state index contributed by atoms with van der Waals surface area (Å²) in [5.41, 5.74) is 1.38. The number of nitrogens with one attached hydrogen (secondary N) is 1. The Labute approximate surface area is 121 Å². The van der Waals surface area contributed by atoms with E-state index < -0.39 is 0 Å². The number of hydrogen-bond donors (Lipinski definition) is 1. The molecule has 96 valence electrons. The molecule has 2 rings (SSSR count). The number of rotatable bonds is 5. The fraction of sp³-hybridized carbons (Fsp3) is 0.333. The van der Waals surface area contributed by atoms with Gasteiger partial charge in [-0.15, -0.1) is 11.3 Å². The van der Waals surface area contributed by atoms with Gasteiger partial charge in [0.15, 0.2) is 0 Å². The highest BCUT2D eigenvalue weighted by Crippen LogP contribution is 2.33. The average molecular weight is 324 g/mol. The first-order valence-electron chi connectivity index (χ1n) is 6.24. The SMILES string of the molecule is CCNC(Cc1ccccc1)c1sc(C)cc1Br. The lowest BCUT2D eigenvalue weighted by Gasteiger charge is -2.17. The summed E-state index contributed by atoms with van der Waals surface area (Å²) in [5.74, 6) is 0. The molecule has 0 fully saturated rings. The molecular formula is C15H18BrNS. The van der Waals surface area contributed by atoms with Crippen LogP contribution in [0.4, 0.5) is 0 Å². The van der Waals surface area contributed by atoms with Gasteiger partial charge in [-0.2, -0.15) is 0 Å². The molecule has 1 unspecified atom stereocenters. The predicted octanol–water partition coefficient (Wildman–Crippen LogP) is 4.71. The number of aryl methyl sites for hydroxylation is 1. The van der Waals surface area contributed by atoms with Gasteiger partial charge in [0.05, 0.1) is 0 Å². The van der Waals surface area contributed by atoms with E-state index in [2.05, 4.69) is 71.5 Å². The Morgan fingerprint density at radius 2 is 2.00 bits per heavy atom. The van der Waals surface area contributed by atoms with Crippen LogP contribution in [0.5, 0.6) is 0 Å². The Morgan fingerprint density at radius 3 is 2.56 bits per heavy atom. The van der Waals surface area contributed by atoms with Gasteiger partial charge in [0.2, 0.25) is 0 Å². The summed E-state index contributed by atoms with van der Waals surface area (Å²) in [4.78, 5) is 2.76. The van der Waals surface area contributed by atoms with E-state index >= 15 is 0 Å². The first-order chi connectivity index (χ1) is 8.70. The summed E-state index contributed by atoms with van der Waals surface area (Å²) in [5, 5.41) is 3.58. The maximum atomic E-state index is 3.67. The molecule has 1 nitrogen and oxygen atoms in total. The van der Waals surface area contributed by atoms with Crippen molar-refractivity contribution < 1.29 is 0 Å². The molecule has 0 saturated heterocycles. The van der Waals surface area contributed by atoms with E-state index in [-0.39, 0.29) is 0 Å². The summed E-state index contributed by atoms with van der Waals surface area (Å²) in [6.45, 7) is 5.30. The second kappa shape index (κ2) is 6.50. The van der Waals surface area contributed by atoms with Crippen LogP contribution in [0.25, 0.3) is 0 Å². The maximum absolute atomic E-state index is 3.67. The van der Waals surface area contributed by atoms with Crippen LogP contribution in [0.2, 0.25) is 0 Å². The van der Waals surface area contributed by atoms with Gasteiger partial charge < -0.3 is 5.32 Å². The van der Waals surface area contributed by atoms with E-state index in [0.717, 1.165) is 13.0 Å². The van der Waals surface area contributed by atoms with Crippen LogP contribution in [0.15, 0.2) is 40.9 Å². The highest BCUT2D eigenvalue weighted by molar-refractivity contribution is 9.10. The molecule has 2 aromatic rings. The van der Waals surface area contributed by atoms with Crippen LogP contribution in [-0.2, 0) is 6.42 Å². The lowest BCUT2D eigenvalue weighted by atomic mass is 10.0. The second-order valence-electron chi connectivity index (χ2n) is 4.37. The van der Waals surface area contributed by atoms with Crippen molar-refractivity contribution in [2.24, 2.45) is 0 Å². The molecule has 0 aliphatic rings. The molecule has 0 radical (unpaired) electrons. The van der Waals surface area contributed by atoms with E-state index in [1.165, 1.54) is 19.8 Å². The molecule has 0 aliphatic heterocycles. The lowest BCUT2D eigenvalue weighted by molar-refractivity contribution is 0.556. The normalized spacial score (nSPS) is 12.6. The summed E-state index contributed by atoms with van der Waals surface area (Å²) < 4.78 is 1.23. The smallest absolute Gasteiger partial charge is 0.0467 e. The molecule has 0 spiro atoms. The first kappa shape index (κ1) is 13.8. The van der Waals surface area contributed by atoms with Gasteiger partial charge in [0.1, 0.15) is 0 Å². The van der Waals surface area contributed by atoms with Crippen LogP contribution < -0.4 is 5.32 Å². The monoisotopic (exact) mass is 323 g/mol. The fourth-order valence-corrected chi connectivity index (χ4v) is 4.10. The number of halogens is 1. The Bertz CT molecular complexity index is 492. The fourth-order valence-electron chi connectivity index (χ4n) is 2.09. The van der Waals surface area contributed by atoms with Crippen molar-refractivity contribution in [3.8, 4) is 0 Å². The van der Waals surface area contributed by atoms with Gasteiger partial charge in [0.25, 0.3) is 0 Å². The zero-order chi connectivity index (χ0) is 13.0. The summed E-state index contributed by atoms with van der Waals surface area (Å²) in [7, 11) is 0. The minimum absolute atomic E-state index is 0.394. The Balaban J connectivity index is 2.21. The first-order valence-corrected chi connectivity index (χ1v) is 7.84. The topological polar surface area (TPSA) is 12.0 Å². The number of benzene rings is 1. The molecule has 1 heterocycles. The van der Waals surface area contributed by atoms with Gasteiger partial charge in [-0.05, 0) is 47.4 Å². The Hall–Kier alpha value is -0.640. The van der Waals surface area contributed by atoms with E-state index in [0.29, 0.717) is 6.04 Å². The third-order valence-corrected chi connectivity index (χ3v) is 4.97. The minimum atomic E-state index is 0.394. The van der Waals surface area contributed by atoms with E-state index in [1.807, 2.05) is 11.3 Å². The van der Waals surface area contributed by atoms with E-state index in [1.54, 1.807) is 0 Å². The third-order valence-electron chi connectivity index (χ3n) is 2.89. The zero-order valence-corrected chi connectivity index (χ0v) is 13.1. The van der Waals surface area contributed by atoms with Crippen molar-refractivity contribution in [1.82, 2.24) is 5.32 Å². The number of hydrogen-bond acceptors (Lipinski definition) is 2. The van der Waals surface area contributed by atoms with E-state index in [9.17, 15) is 0 Å². The van der Waals surface area contributed by atoms with Gasteiger partial charge in [-0.25, -0.2) is 0 Å². The molecule has 0 bridgehead atoms. The van der Waals surface area contributed by atoms with Crippen molar-refractivity contribution in [2.75, 3.05) is 6.54 Å². The van der Waals surface area contributed by atoms with Crippen molar-refractivity contribution in [1.29, 1.82) is 0 Å². The van der Waals surface area contributed by atoms with Crippen LogP contribution in [-0.4, -0.2) is 6.54 Å². The van der Waals surface area contributed by atoms with Gasteiger partial charge in [-0.3, -0.25) is 0 Å². The largest absolute Gasteiger partial charge is 0.309 e. The maximum Gasteiger partial charge on any atom is 0.0467 e. The van der Waals surface area contributed by atoms with Gasteiger partial charge >= 0.3 is 0 Å². The second-order valence-corrected chi connectivity index (χ2v) is 6.51. The van der Waals surface area contributed by atoms with Crippen molar-refractivity contribution in [2.45, 2.75) is 26.3 Å². The Morgan fingerprint density at radius 1 is 1.28 bits per heavy atom. The van der Waals surface area contributed by atoms with Crippen LogP contribution in [0.1, 0.15) is 28.3 Å². The molecule has 0 aliphatic carbocycles. The van der Waals surface area contributed by atoms with Crippen LogP contribution in [0, 0.1) is 6.92 Å². The van der Waals surface area contributed by atoms with Crippen LogP contribution >= 0.6 is 27.3 Å². The molecule has 0 amide bonds. The van der Waals surface area contributed by atoms with Crippen molar-refractivity contribution >= 4 is 27.3 Å².